The van der Waals surface area contributed by atoms with Crippen LogP contribution in [0.15, 0.2) is 41.8 Å². The quantitative estimate of drug-likeness (QED) is 0.556. The van der Waals surface area contributed by atoms with Crippen LogP contribution < -0.4 is 5.32 Å². The van der Waals surface area contributed by atoms with E-state index < -0.39 is 10.8 Å². The van der Waals surface area contributed by atoms with Crippen molar-refractivity contribution < 1.29 is 13.7 Å². The highest BCUT2D eigenvalue weighted by Gasteiger charge is 2.20. The molecule has 0 radical (unpaired) electrons. The van der Waals surface area contributed by atoms with Crippen molar-refractivity contribution in [3.63, 3.8) is 0 Å². The number of anilines is 1. The predicted molar refractivity (Wildman–Crippen MR) is 117 cm³/mol. The van der Waals surface area contributed by atoms with Gasteiger partial charge in [0.2, 0.25) is 5.91 Å². The molecule has 1 fully saturated rings. The van der Waals surface area contributed by atoms with E-state index in [4.69, 9.17) is 4.74 Å². The molecule has 1 N–H and O–H groups in total. The standard InChI is InChI=1S/C22H29NO3S2/c24-22(10-3-1-2-8-20-9-5-15-27-20)23-19-7-4-6-18(16-19)17-28(25)21-11-13-26-14-12-21/h4-7,9,15-16,21H,1-3,8,10-14,17H2,(H,23,24). The first kappa shape index (κ1) is 21.2. The van der Waals surface area contributed by atoms with Crippen molar-refractivity contribution >= 4 is 33.7 Å². The summed E-state index contributed by atoms with van der Waals surface area (Å²) in [5.74, 6) is 0.593. The van der Waals surface area contributed by atoms with Gasteiger partial charge in [0, 0.05) is 52.0 Å². The van der Waals surface area contributed by atoms with E-state index in [1.807, 2.05) is 24.3 Å². The van der Waals surface area contributed by atoms with Crippen LogP contribution in [0.25, 0.3) is 0 Å². The number of unbranched alkanes of at least 4 members (excludes halogenated alkanes) is 2. The average Bonchev–Trinajstić information content (AvgIpc) is 3.22. The summed E-state index contributed by atoms with van der Waals surface area (Å²) in [6.45, 7) is 1.42. The molecule has 1 unspecified atom stereocenters. The Kier molecular flexibility index (Phi) is 8.70. The van der Waals surface area contributed by atoms with Gasteiger partial charge in [-0.2, -0.15) is 0 Å². The zero-order valence-corrected chi connectivity index (χ0v) is 17.9. The maximum atomic E-state index is 12.6. The molecule has 2 heterocycles. The van der Waals surface area contributed by atoms with Crippen LogP contribution >= 0.6 is 11.3 Å². The molecule has 1 aromatic heterocycles. The fraction of sp³-hybridized carbons (Fsp3) is 0.500. The van der Waals surface area contributed by atoms with Crippen molar-refractivity contribution in [2.45, 2.75) is 55.9 Å². The summed E-state index contributed by atoms with van der Waals surface area (Å²) >= 11 is 1.80. The minimum atomic E-state index is -0.890. The fourth-order valence-corrected chi connectivity index (χ4v) is 5.61. The van der Waals surface area contributed by atoms with E-state index >= 15 is 0 Å². The topological polar surface area (TPSA) is 55.4 Å². The Morgan fingerprint density at radius 1 is 1.14 bits per heavy atom. The minimum absolute atomic E-state index is 0.0545. The molecule has 28 heavy (non-hydrogen) atoms. The summed E-state index contributed by atoms with van der Waals surface area (Å²) in [4.78, 5) is 13.6. The van der Waals surface area contributed by atoms with Crippen LogP contribution in [0.3, 0.4) is 0 Å². The van der Waals surface area contributed by atoms with Crippen LogP contribution in [0, 0.1) is 0 Å². The molecule has 4 nitrogen and oxygen atoms in total. The molecule has 152 valence electrons. The summed E-state index contributed by atoms with van der Waals surface area (Å²) in [5, 5.41) is 5.31. The third-order valence-electron chi connectivity index (χ3n) is 4.97. The Balaban J connectivity index is 1.38. The average molecular weight is 420 g/mol. The van der Waals surface area contributed by atoms with Crippen LogP contribution in [0.5, 0.6) is 0 Å². The molecule has 1 aliphatic rings. The van der Waals surface area contributed by atoms with E-state index in [2.05, 4.69) is 22.8 Å². The summed E-state index contributed by atoms with van der Waals surface area (Å²) in [7, 11) is -0.890. The SMILES string of the molecule is O=C(CCCCCc1cccs1)Nc1cccc(CS(=O)C2CCOCC2)c1. The van der Waals surface area contributed by atoms with Gasteiger partial charge in [-0.25, -0.2) is 0 Å². The van der Waals surface area contributed by atoms with Gasteiger partial charge in [0.15, 0.2) is 0 Å². The Morgan fingerprint density at radius 2 is 2.00 bits per heavy atom. The lowest BCUT2D eigenvalue weighted by molar-refractivity contribution is -0.116. The zero-order valence-electron chi connectivity index (χ0n) is 16.2. The monoisotopic (exact) mass is 419 g/mol. The Hall–Kier alpha value is -1.50. The first-order valence-electron chi connectivity index (χ1n) is 10.1. The Bertz CT molecular complexity index is 755. The highest BCUT2D eigenvalue weighted by molar-refractivity contribution is 7.84. The first-order chi connectivity index (χ1) is 13.7. The van der Waals surface area contributed by atoms with Crippen molar-refractivity contribution in [2.75, 3.05) is 18.5 Å². The lowest BCUT2D eigenvalue weighted by Gasteiger charge is -2.21. The maximum absolute atomic E-state index is 12.6. The largest absolute Gasteiger partial charge is 0.381 e. The molecule has 2 aromatic rings. The Labute approximate surface area is 174 Å². The highest BCUT2D eigenvalue weighted by atomic mass is 32.2. The van der Waals surface area contributed by atoms with Gasteiger partial charge < -0.3 is 10.1 Å². The summed E-state index contributed by atoms with van der Waals surface area (Å²) in [6, 6.07) is 12.0. The number of carbonyl (C=O) groups is 1. The van der Waals surface area contributed by atoms with Crippen LogP contribution in [-0.2, 0) is 32.5 Å². The van der Waals surface area contributed by atoms with Crippen molar-refractivity contribution in [3.05, 3.63) is 52.2 Å². The number of aryl methyl sites for hydroxylation is 1. The maximum Gasteiger partial charge on any atom is 0.224 e. The number of benzene rings is 1. The second kappa shape index (κ2) is 11.5. The van der Waals surface area contributed by atoms with Gasteiger partial charge in [-0.1, -0.05) is 24.6 Å². The molecule has 1 aliphatic heterocycles. The fourth-order valence-electron chi connectivity index (χ4n) is 3.40. The van der Waals surface area contributed by atoms with E-state index in [0.29, 0.717) is 25.4 Å². The van der Waals surface area contributed by atoms with E-state index in [0.717, 1.165) is 49.8 Å². The number of thiophene rings is 1. The summed E-state index contributed by atoms with van der Waals surface area (Å²) in [6.07, 6.45) is 6.49. The van der Waals surface area contributed by atoms with Gasteiger partial charge in [-0.3, -0.25) is 9.00 Å². The Morgan fingerprint density at radius 3 is 2.79 bits per heavy atom. The number of rotatable bonds is 10. The van der Waals surface area contributed by atoms with E-state index in [1.165, 1.54) is 4.88 Å². The van der Waals surface area contributed by atoms with Gasteiger partial charge in [-0.05, 0) is 61.2 Å². The summed E-state index contributed by atoms with van der Waals surface area (Å²) in [5.41, 5.74) is 1.81. The number of hydrogen-bond donors (Lipinski definition) is 1. The second-order valence-corrected chi connectivity index (χ2v) is 9.97. The molecule has 0 spiro atoms. The number of carbonyl (C=O) groups excluding carboxylic acids is 1. The molecule has 6 heteroatoms. The first-order valence-corrected chi connectivity index (χ1v) is 12.3. The van der Waals surface area contributed by atoms with Gasteiger partial charge in [-0.15, -0.1) is 11.3 Å². The van der Waals surface area contributed by atoms with Crippen molar-refractivity contribution in [1.29, 1.82) is 0 Å². The van der Waals surface area contributed by atoms with Crippen LogP contribution in [0.1, 0.15) is 49.0 Å². The van der Waals surface area contributed by atoms with E-state index in [-0.39, 0.29) is 11.2 Å². The van der Waals surface area contributed by atoms with Crippen LogP contribution in [0.4, 0.5) is 5.69 Å². The van der Waals surface area contributed by atoms with Gasteiger partial charge >= 0.3 is 0 Å². The lowest BCUT2D eigenvalue weighted by atomic mass is 10.1. The van der Waals surface area contributed by atoms with Gasteiger partial charge in [0.25, 0.3) is 0 Å². The smallest absolute Gasteiger partial charge is 0.224 e. The molecule has 1 saturated heterocycles. The van der Waals surface area contributed by atoms with Crippen molar-refractivity contribution in [1.82, 2.24) is 0 Å². The van der Waals surface area contributed by atoms with Crippen LogP contribution in [0.2, 0.25) is 0 Å². The van der Waals surface area contributed by atoms with Gasteiger partial charge in [0.05, 0.1) is 0 Å². The summed E-state index contributed by atoms with van der Waals surface area (Å²) < 4.78 is 17.9. The predicted octanol–water partition coefficient (Wildman–Crippen LogP) is 4.92. The third-order valence-corrected chi connectivity index (χ3v) is 7.74. The molecule has 1 atom stereocenters. The minimum Gasteiger partial charge on any atom is -0.381 e. The second-order valence-electron chi connectivity index (χ2n) is 7.23. The lowest BCUT2D eigenvalue weighted by Crippen LogP contribution is -2.25. The highest BCUT2D eigenvalue weighted by Crippen LogP contribution is 2.19. The molecule has 3 rings (SSSR count). The van der Waals surface area contributed by atoms with Crippen LogP contribution in [-0.4, -0.2) is 28.6 Å². The van der Waals surface area contributed by atoms with E-state index in [1.54, 1.807) is 11.3 Å². The zero-order chi connectivity index (χ0) is 19.6. The molecule has 1 amide bonds. The number of hydrogen-bond acceptors (Lipinski definition) is 4. The molecule has 0 aliphatic carbocycles. The third kappa shape index (κ3) is 7.15. The van der Waals surface area contributed by atoms with Gasteiger partial charge in [0.1, 0.15) is 0 Å². The van der Waals surface area contributed by atoms with Crippen molar-refractivity contribution in [2.24, 2.45) is 0 Å². The normalized spacial score (nSPS) is 16.0. The number of amides is 1. The number of ether oxygens (including phenoxy) is 1. The number of nitrogens with one attached hydrogen (secondary N) is 1. The van der Waals surface area contributed by atoms with E-state index in [9.17, 15) is 9.00 Å². The molecular formula is C22H29NO3S2. The van der Waals surface area contributed by atoms with Crippen molar-refractivity contribution in [3.8, 4) is 0 Å². The molecular weight excluding hydrogens is 390 g/mol. The molecule has 0 bridgehead atoms. The molecule has 0 saturated carbocycles. The molecule has 1 aromatic carbocycles.